The van der Waals surface area contributed by atoms with E-state index in [1.165, 1.54) is 77.9 Å². The summed E-state index contributed by atoms with van der Waals surface area (Å²) in [7, 11) is 0. The first-order valence-corrected chi connectivity index (χ1v) is 25.1. The Morgan fingerprint density at radius 3 is 1.44 bits per heavy atom. The number of anilines is 3. The van der Waals surface area contributed by atoms with Gasteiger partial charge in [-0.2, -0.15) is 0 Å². The highest BCUT2D eigenvalue weighted by molar-refractivity contribution is 6.07. The summed E-state index contributed by atoms with van der Waals surface area (Å²) in [6.07, 6.45) is 0. The lowest BCUT2D eigenvalue weighted by atomic mass is 9.68. The van der Waals surface area contributed by atoms with Crippen molar-refractivity contribution in [3.63, 3.8) is 0 Å². The molecule has 342 valence electrons. The number of benzene rings is 10. The third-order valence-corrected chi connectivity index (χ3v) is 15.4. The zero-order chi connectivity index (χ0) is 48.2. The molecule has 0 fully saturated rings. The molecule has 0 saturated carbocycles. The number of hydrogen-bond donors (Lipinski definition) is 0. The van der Waals surface area contributed by atoms with Gasteiger partial charge in [0.2, 0.25) is 0 Å². The summed E-state index contributed by atoms with van der Waals surface area (Å²) in [6, 6.07) is 83.6. The monoisotopic (exact) mass is 913 g/mol. The fraction of sp³-hybridized carbons (Fsp3) is 0.130. The van der Waals surface area contributed by atoms with E-state index in [0.29, 0.717) is 0 Å². The number of para-hydroxylation sites is 2. The second-order valence-electron chi connectivity index (χ2n) is 21.6. The van der Waals surface area contributed by atoms with Crippen LogP contribution in [0.5, 0.6) is 0 Å². The van der Waals surface area contributed by atoms with Crippen molar-refractivity contribution >= 4 is 39.0 Å². The van der Waals surface area contributed by atoms with Crippen molar-refractivity contribution in [2.24, 2.45) is 0 Å². The van der Waals surface area contributed by atoms with Crippen molar-refractivity contribution < 1.29 is 4.42 Å². The van der Waals surface area contributed by atoms with E-state index in [-0.39, 0.29) is 10.8 Å². The van der Waals surface area contributed by atoms with Crippen LogP contribution in [0.25, 0.3) is 77.6 Å². The molecule has 0 saturated heterocycles. The minimum Gasteiger partial charge on any atom is -0.456 e. The molecule has 2 nitrogen and oxygen atoms in total. The number of fused-ring (bicyclic) bond motifs is 13. The number of nitrogens with zero attached hydrogens (tertiary/aromatic N) is 1. The van der Waals surface area contributed by atoms with Gasteiger partial charge >= 0.3 is 0 Å². The van der Waals surface area contributed by atoms with Crippen LogP contribution in [0.1, 0.15) is 74.9 Å². The lowest BCUT2D eigenvalue weighted by Crippen LogP contribution is -2.27. The Kier molecular flexibility index (Phi) is 9.61. The van der Waals surface area contributed by atoms with Crippen LogP contribution in [-0.2, 0) is 16.2 Å². The maximum atomic E-state index is 6.68. The smallest absolute Gasteiger partial charge is 0.137 e. The molecular weight excluding hydrogens is 859 g/mol. The van der Waals surface area contributed by atoms with Gasteiger partial charge in [-0.1, -0.05) is 224 Å². The summed E-state index contributed by atoms with van der Waals surface area (Å²) in [6.45, 7) is 14.0. The lowest BCUT2D eigenvalue weighted by Gasteiger charge is -2.34. The Balaban J connectivity index is 1.09. The summed E-state index contributed by atoms with van der Waals surface area (Å²) in [4.78, 5) is 2.48. The summed E-state index contributed by atoms with van der Waals surface area (Å²) >= 11 is 0. The third-order valence-electron chi connectivity index (χ3n) is 15.4. The summed E-state index contributed by atoms with van der Waals surface area (Å²) < 4.78 is 6.68. The van der Waals surface area contributed by atoms with Gasteiger partial charge in [-0.3, -0.25) is 0 Å². The van der Waals surface area contributed by atoms with Crippen LogP contribution in [0, 0.1) is 0 Å². The standard InChI is InChI=1S/C69H55NO/c1-67(2,3)45-32-36-54-55-37-33-46(68(4,5)6)41-62(55)69(61(54)40-45)60-29-17-14-26-53(60)56-38-34-47(42-63(56)69)70(48-35-39-59-58-28-16-19-31-65(58)71-66(59)43-48)64-30-18-15-27-57(64)52-25-13-12-24-51(52)50-23-11-10-22-49(50)44-20-8-7-9-21-44/h7-43H,1-6H3. The van der Waals surface area contributed by atoms with Crippen molar-refractivity contribution in [2.45, 2.75) is 57.8 Å². The van der Waals surface area contributed by atoms with Gasteiger partial charge in [0.05, 0.1) is 11.1 Å². The molecule has 0 amide bonds. The Bertz CT molecular complexity index is 3850. The molecule has 0 unspecified atom stereocenters. The van der Waals surface area contributed by atoms with E-state index in [1.807, 2.05) is 6.07 Å². The van der Waals surface area contributed by atoms with E-state index in [1.54, 1.807) is 0 Å². The Morgan fingerprint density at radius 1 is 0.324 bits per heavy atom. The van der Waals surface area contributed by atoms with Crippen molar-refractivity contribution in [1.29, 1.82) is 0 Å². The molecule has 2 heteroatoms. The topological polar surface area (TPSA) is 16.4 Å². The number of furan rings is 1. The van der Waals surface area contributed by atoms with Gasteiger partial charge in [-0.15, -0.1) is 0 Å². The molecule has 1 spiro atoms. The van der Waals surface area contributed by atoms with E-state index in [9.17, 15) is 0 Å². The summed E-state index contributed by atoms with van der Waals surface area (Å²) in [5.74, 6) is 0. The van der Waals surface area contributed by atoms with E-state index in [4.69, 9.17) is 4.42 Å². The van der Waals surface area contributed by atoms with Gasteiger partial charge < -0.3 is 9.32 Å². The van der Waals surface area contributed by atoms with E-state index >= 15 is 0 Å². The van der Waals surface area contributed by atoms with Gasteiger partial charge in [0.15, 0.2) is 0 Å². The average molecular weight is 914 g/mol. The summed E-state index contributed by atoms with van der Waals surface area (Å²) in [5.41, 5.74) is 24.6. The fourth-order valence-corrected chi connectivity index (χ4v) is 12.0. The van der Waals surface area contributed by atoms with Gasteiger partial charge in [0, 0.05) is 33.8 Å². The molecule has 1 aromatic heterocycles. The van der Waals surface area contributed by atoms with Crippen LogP contribution in [-0.4, -0.2) is 0 Å². The average Bonchev–Trinajstić information content (AvgIpc) is 4.03. The lowest BCUT2D eigenvalue weighted by molar-refractivity contribution is 0.586. The van der Waals surface area contributed by atoms with Crippen molar-refractivity contribution in [1.82, 2.24) is 0 Å². The molecule has 0 aliphatic heterocycles. The molecule has 2 aliphatic carbocycles. The molecule has 10 aromatic carbocycles. The maximum absolute atomic E-state index is 6.68. The Morgan fingerprint density at radius 2 is 0.775 bits per heavy atom. The predicted octanol–water partition coefficient (Wildman–Crippen LogP) is 19.0. The van der Waals surface area contributed by atoms with Gasteiger partial charge in [0.25, 0.3) is 0 Å². The fourth-order valence-electron chi connectivity index (χ4n) is 12.0. The third kappa shape index (κ3) is 6.61. The Hall–Kier alpha value is -8.20. The molecule has 11 aromatic rings. The van der Waals surface area contributed by atoms with Crippen molar-refractivity contribution in [2.75, 3.05) is 4.90 Å². The molecule has 0 N–H and O–H groups in total. The molecule has 0 radical (unpaired) electrons. The molecule has 2 aliphatic rings. The first-order valence-electron chi connectivity index (χ1n) is 25.1. The van der Waals surface area contributed by atoms with Crippen LogP contribution in [0.4, 0.5) is 17.1 Å². The largest absolute Gasteiger partial charge is 0.456 e. The summed E-state index contributed by atoms with van der Waals surface area (Å²) in [5, 5.41) is 2.22. The Labute approximate surface area is 417 Å². The zero-order valence-corrected chi connectivity index (χ0v) is 41.2. The normalized spacial score (nSPS) is 13.3. The first kappa shape index (κ1) is 42.9. The van der Waals surface area contributed by atoms with Crippen LogP contribution in [0.3, 0.4) is 0 Å². The minimum absolute atomic E-state index is 0.0436. The van der Waals surface area contributed by atoms with Crippen molar-refractivity contribution in [3.05, 3.63) is 258 Å². The number of rotatable bonds is 6. The highest BCUT2D eigenvalue weighted by Crippen LogP contribution is 2.64. The highest BCUT2D eigenvalue weighted by atomic mass is 16.3. The second kappa shape index (κ2) is 15.9. The molecule has 1 heterocycles. The van der Waals surface area contributed by atoms with E-state index in [2.05, 4.69) is 265 Å². The molecule has 0 bridgehead atoms. The van der Waals surface area contributed by atoms with Crippen LogP contribution in [0.2, 0.25) is 0 Å². The minimum atomic E-state index is -0.559. The number of hydrogen-bond acceptors (Lipinski definition) is 2. The predicted molar refractivity (Wildman–Crippen MR) is 298 cm³/mol. The SMILES string of the molecule is CC(C)(C)c1ccc2c(c1)C1(c3ccccc3-c3ccc(N(c4ccc5c(c4)oc4ccccc45)c4ccccc4-c4ccccc4-c4ccccc4-c4ccccc4)cc31)c1cc(C(C)(C)C)ccc1-2. The van der Waals surface area contributed by atoms with Gasteiger partial charge in [-0.25, -0.2) is 0 Å². The maximum Gasteiger partial charge on any atom is 0.137 e. The second-order valence-corrected chi connectivity index (χ2v) is 21.6. The van der Waals surface area contributed by atoms with Crippen molar-refractivity contribution in [3.8, 4) is 55.6 Å². The quantitative estimate of drug-likeness (QED) is 0.165. The van der Waals surface area contributed by atoms with Gasteiger partial charge in [0.1, 0.15) is 11.2 Å². The van der Waals surface area contributed by atoms with E-state index < -0.39 is 5.41 Å². The zero-order valence-electron chi connectivity index (χ0n) is 41.2. The van der Waals surface area contributed by atoms with Crippen LogP contribution >= 0.6 is 0 Å². The van der Waals surface area contributed by atoms with Crippen LogP contribution < -0.4 is 4.90 Å². The molecule has 13 rings (SSSR count). The first-order chi connectivity index (χ1) is 34.5. The molecule has 71 heavy (non-hydrogen) atoms. The van der Waals surface area contributed by atoms with Gasteiger partial charge in [-0.05, 0) is 131 Å². The van der Waals surface area contributed by atoms with E-state index in [0.717, 1.165) is 50.1 Å². The van der Waals surface area contributed by atoms with Crippen LogP contribution in [0.15, 0.2) is 229 Å². The molecule has 0 atom stereocenters. The highest BCUT2D eigenvalue weighted by Gasteiger charge is 2.52. The molecular formula is C69H55NO.